The number of benzene rings is 1. The molecular weight excluding hydrogens is 258 g/mol. The van der Waals surface area contributed by atoms with E-state index in [0.717, 1.165) is 5.56 Å². The molecule has 0 spiro atoms. The molecule has 1 aromatic rings. The molecule has 0 aliphatic heterocycles. The van der Waals surface area contributed by atoms with Crippen LogP contribution >= 0.6 is 11.6 Å². The van der Waals surface area contributed by atoms with E-state index in [9.17, 15) is 9.59 Å². The number of alkyl halides is 1. The summed E-state index contributed by atoms with van der Waals surface area (Å²) in [5, 5.41) is 2.41. The van der Waals surface area contributed by atoms with Gasteiger partial charge in [0.1, 0.15) is 6.04 Å². The zero-order valence-corrected chi connectivity index (χ0v) is 10.6. The summed E-state index contributed by atoms with van der Waals surface area (Å²) in [5.74, 6) is -0.598. The minimum Gasteiger partial charge on any atom is -0.453 e. The van der Waals surface area contributed by atoms with E-state index in [4.69, 9.17) is 11.6 Å². The van der Waals surface area contributed by atoms with Crippen molar-refractivity contribution in [2.75, 3.05) is 13.2 Å². The molecule has 0 saturated heterocycles. The minimum atomic E-state index is -0.821. The summed E-state index contributed by atoms with van der Waals surface area (Å²) in [6, 6.07) is 8.17. The van der Waals surface area contributed by atoms with Crippen LogP contribution in [-0.4, -0.2) is 31.3 Å². The van der Waals surface area contributed by atoms with E-state index in [1.165, 1.54) is 7.11 Å². The van der Waals surface area contributed by atoms with Gasteiger partial charge in [0, 0.05) is 6.42 Å². The van der Waals surface area contributed by atoms with E-state index >= 15 is 0 Å². The summed E-state index contributed by atoms with van der Waals surface area (Å²) < 4.78 is 9.13. The summed E-state index contributed by atoms with van der Waals surface area (Å²) in [6.07, 6.45) is -0.381. The van der Waals surface area contributed by atoms with Gasteiger partial charge in [0.25, 0.3) is 0 Å². The fraction of sp³-hybridized carbons (Fsp3) is 0.333. The molecule has 0 aliphatic carbocycles. The Balaban J connectivity index is 2.71. The lowest BCUT2D eigenvalue weighted by Crippen LogP contribution is -2.43. The van der Waals surface area contributed by atoms with Gasteiger partial charge in [-0.1, -0.05) is 41.9 Å². The second kappa shape index (κ2) is 7.55. The molecule has 98 valence electrons. The Labute approximate surface area is 110 Å². The Kier molecular flexibility index (Phi) is 6.00. The molecule has 1 N–H and O–H groups in total. The smallest absolute Gasteiger partial charge is 0.407 e. The maximum Gasteiger partial charge on any atom is 0.407 e. The second-order valence-corrected chi connectivity index (χ2v) is 3.67. The second-order valence-electron chi connectivity index (χ2n) is 3.45. The van der Waals surface area contributed by atoms with Crippen molar-refractivity contribution in [2.45, 2.75) is 12.5 Å². The van der Waals surface area contributed by atoms with E-state index < -0.39 is 18.1 Å². The van der Waals surface area contributed by atoms with Gasteiger partial charge in [-0.05, 0) is 5.56 Å². The van der Waals surface area contributed by atoms with Crippen LogP contribution in [0.5, 0.6) is 0 Å². The summed E-state index contributed by atoms with van der Waals surface area (Å²) in [5.41, 5.74) is 0.894. The van der Waals surface area contributed by atoms with Crippen molar-refractivity contribution in [3.63, 3.8) is 0 Å². The van der Waals surface area contributed by atoms with Gasteiger partial charge >= 0.3 is 12.1 Å². The number of alkyl carbamates (subject to hydrolysis) is 1. The Bertz CT molecular complexity index is 396. The van der Waals surface area contributed by atoms with Crippen LogP contribution in [0.4, 0.5) is 4.79 Å². The fourth-order valence-corrected chi connectivity index (χ4v) is 1.51. The van der Waals surface area contributed by atoms with Gasteiger partial charge in [0.05, 0.1) is 7.11 Å². The number of hydrogen-bond acceptors (Lipinski definition) is 4. The lowest BCUT2D eigenvalue weighted by atomic mass is 10.1. The van der Waals surface area contributed by atoms with Crippen LogP contribution in [0.25, 0.3) is 0 Å². The fourth-order valence-electron chi connectivity index (χ4n) is 1.40. The van der Waals surface area contributed by atoms with Crippen molar-refractivity contribution in [1.29, 1.82) is 0 Å². The van der Waals surface area contributed by atoms with Crippen LogP contribution in [0.1, 0.15) is 5.56 Å². The average Bonchev–Trinajstić information content (AvgIpc) is 2.39. The van der Waals surface area contributed by atoms with E-state index in [1.807, 2.05) is 30.3 Å². The number of hydrogen-bond donors (Lipinski definition) is 1. The molecule has 0 aliphatic rings. The molecule has 0 unspecified atom stereocenters. The van der Waals surface area contributed by atoms with E-state index in [1.54, 1.807) is 0 Å². The summed E-state index contributed by atoms with van der Waals surface area (Å²) in [6.45, 7) is 0. The number of halogens is 1. The highest BCUT2D eigenvalue weighted by Crippen LogP contribution is 2.05. The predicted octanol–water partition coefficient (Wildman–Crippen LogP) is 1.69. The molecule has 0 radical (unpaired) electrons. The van der Waals surface area contributed by atoms with E-state index in [-0.39, 0.29) is 6.07 Å². The Morgan fingerprint density at radius 1 is 1.33 bits per heavy atom. The number of esters is 1. The molecule has 18 heavy (non-hydrogen) atoms. The Hall–Kier alpha value is -1.75. The van der Waals surface area contributed by atoms with Gasteiger partial charge in [0.15, 0.2) is 6.07 Å². The number of methoxy groups -OCH3 is 1. The Morgan fingerprint density at radius 2 is 2.00 bits per heavy atom. The molecule has 5 nitrogen and oxygen atoms in total. The first kappa shape index (κ1) is 14.3. The standard InChI is InChI=1S/C12H14ClNO4/c1-17-12(16)14-10(11(15)18-8-13)7-9-5-3-2-4-6-9/h2-6,10H,7-8H2,1H3,(H,14,16)/t10-/m0/s1. The van der Waals surface area contributed by atoms with Crippen LogP contribution in [0.2, 0.25) is 0 Å². The minimum absolute atomic E-state index is 0.257. The first-order chi connectivity index (χ1) is 8.67. The third-order valence-electron chi connectivity index (χ3n) is 2.24. The monoisotopic (exact) mass is 271 g/mol. The van der Waals surface area contributed by atoms with Gasteiger partial charge in [-0.25, -0.2) is 9.59 Å². The van der Waals surface area contributed by atoms with Crippen molar-refractivity contribution >= 4 is 23.7 Å². The molecule has 0 saturated carbocycles. The molecule has 6 heteroatoms. The summed E-state index contributed by atoms with van der Waals surface area (Å²) in [7, 11) is 1.22. The average molecular weight is 272 g/mol. The topological polar surface area (TPSA) is 64.6 Å². The van der Waals surface area contributed by atoms with E-state index in [2.05, 4.69) is 14.8 Å². The van der Waals surface area contributed by atoms with Crippen molar-refractivity contribution in [3.8, 4) is 0 Å². The number of rotatable bonds is 5. The third kappa shape index (κ3) is 4.63. The number of carbonyl (C=O) groups is 2. The quantitative estimate of drug-likeness (QED) is 0.654. The zero-order valence-electron chi connectivity index (χ0n) is 9.89. The highest BCUT2D eigenvalue weighted by molar-refractivity contribution is 6.17. The lowest BCUT2D eigenvalue weighted by molar-refractivity contribution is -0.143. The molecule has 0 aromatic heterocycles. The number of nitrogens with one attached hydrogen (secondary N) is 1. The van der Waals surface area contributed by atoms with Crippen molar-refractivity contribution in [2.24, 2.45) is 0 Å². The molecule has 1 aromatic carbocycles. The van der Waals surface area contributed by atoms with Crippen LogP contribution in [-0.2, 0) is 20.7 Å². The largest absolute Gasteiger partial charge is 0.453 e. The first-order valence-corrected chi connectivity index (χ1v) is 5.82. The van der Waals surface area contributed by atoms with Gasteiger partial charge < -0.3 is 14.8 Å². The van der Waals surface area contributed by atoms with Gasteiger partial charge in [0.2, 0.25) is 0 Å². The molecule has 0 bridgehead atoms. The molecular formula is C12H14ClNO4. The maximum atomic E-state index is 11.6. The maximum absolute atomic E-state index is 11.6. The third-order valence-corrected chi connectivity index (χ3v) is 2.35. The molecule has 0 heterocycles. The SMILES string of the molecule is COC(=O)N[C@@H](Cc1ccccc1)C(=O)OCCl. The molecule has 0 fully saturated rings. The summed E-state index contributed by atoms with van der Waals surface area (Å²) in [4.78, 5) is 22.8. The van der Waals surface area contributed by atoms with Crippen molar-refractivity contribution < 1.29 is 19.1 Å². The van der Waals surface area contributed by atoms with Gasteiger partial charge in [-0.2, -0.15) is 0 Å². The molecule has 1 amide bonds. The summed E-state index contributed by atoms with van der Waals surface area (Å²) >= 11 is 5.33. The zero-order chi connectivity index (χ0) is 13.4. The van der Waals surface area contributed by atoms with Crippen LogP contribution in [0.3, 0.4) is 0 Å². The number of carbonyl (C=O) groups excluding carboxylic acids is 2. The Morgan fingerprint density at radius 3 is 2.56 bits per heavy atom. The number of ether oxygens (including phenoxy) is 2. The highest BCUT2D eigenvalue weighted by Gasteiger charge is 2.22. The van der Waals surface area contributed by atoms with E-state index in [0.29, 0.717) is 6.42 Å². The normalized spacial score (nSPS) is 11.4. The van der Waals surface area contributed by atoms with Gasteiger partial charge in [-0.3, -0.25) is 0 Å². The molecule has 1 atom stereocenters. The predicted molar refractivity (Wildman–Crippen MR) is 66.3 cm³/mol. The first-order valence-electron chi connectivity index (χ1n) is 5.28. The van der Waals surface area contributed by atoms with Gasteiger partial charge in [-0.15, -0.1) is 0 Å². The van der Waals surface area contributed by atoms with Crippen LogP contribution in [0.15, 0.2) is 30.3 Å². The lowest BCUT2D eigenvalue weighted by Gasteiger charge is -2.16. The highest BCUT2D eigenvalue weighted by atomic mass is 35.5. The van der Waals surface area contributed by atoms with Crippen LogP contribution in [0, 0.1) is 0 Å². The van der Waals surface area contributed by atoms with Crippen molar-refractivity contribution in [3.05, 3.63) is 35.9 Å². The van der Waals surface area contributed by atoms with Crippen molar-refractivity contribution in [1.82, 2.24) is 5.32 Å². The molecule has 1 rings (SSSR count). The van der Waals surface area contributed by atoms with Crippen LogP contribution < -0.4 is 5.32 Å². The number of amides is 1.